The molecule has 1 aliphatic heterocycles. The van der Waals surface area contributed by atoms with Crippen LogP contribution in [0.15, 0.2) is 0 Å². The fourth-order valence-corrected chi connectivity index (χ4v) is 2.15. The molecule has 1 aliphatic carbocycles. The monoisotopic (exact) mass is 191 g/mol. The lowest BCUT2D eigenvalue weighted by Gasteiger charge is -2.28. The topological polar surface area (TPSA) is 37.4 Å². The molecule has 0 bridgehead atoms. The Labute approximate surface area is 83.5 Å². The third kappa shape index (κ3) is 0.942. The van der Waals surface area contributed by atoms with Gasteiger partial charge in [-0.3, -0.25) is 14.5 Å². The van der Waals surface area contributed by atoms with Crippen LogP contribution in [0.1, 0.15) is 26.7 Å². The quantitative estimate of drug-likeness (QED) is 0.454. The first-order chi connectivity index (χ1) is 6.49. The summed E-state index contributed by atoms with van der Waals surface area (Å²) < 4.78 is 0. The summed E-state index contributed by atoms with van der Waals surface area (Å²) in [5.74, 6) is 2.20. The molecule has 0 aromatic heterocycles. The van der Waals surface area contributed by atoms with Crippen LogP contribution < -0.4 is 0 Å². The number of amides is 2. The molecule has 0 spiro atoms. The maximum Gasteiger partial charge on any atom is 0.234 e. The molecule has 1 saturated heterocycles. The van der Waals surface area contributed by atoms with Gasteiger partial charge in [-0.25, -0.2) is 0 Å². The summed E-state index contributed by atoms with van der Waals surface area (Å²) in [4.78, 5) is 24.9. The first-order valence-electron chi connectivity index (χ1n) is 4.84. The van der Waals surface area contributed by atoms with Crippen LogP contribution >= 0.6 is 0 Å². The van der Waals surface area contributed by atoms with E-state index in [0.29, 0.717) is 0 Å². The van der Waals surface area contributed by atoms with E-state index in [4.69, 9.17) is 6.42 Å². The van der Waals surface area contributed by atoms with Crippen molar-refractivity contribution in [1.82, 2.24) is 4.90 Å². The Hall–Kier alpha value is -1.30. The lowest BCUT2D eigenvalue weighted by atomic mass is 9.76. The minimum absolute atomic E-state index is 0.0740. The van der Waals surface area contributed by atoms with Crippen molar-refractivity contribution >= 4 is 11.8 Å². The van der Waals surface area contributed by atoms with Gasteiger partial charge in [-0.15, -0.1) is 6.42 Å². The lowest BCUT2D eigenvalue weighted by molar-refractivity contribution is -0.143. The van der Waals surface area contributed by atoms with Crippen molar-refractivity contribution in [3.05, 3.63) is 0 Å². The number of imide groups is 1. The Morgan fingerprint density at radius 3 is 2.00 bits per heavy atom. The summed E-state index contributed by atoms with van der Waals surface area (Å²) in [6.45, 7) is 3.46. The molecule has 2 amide bonds. The van der Waals surface area contributed by atoms with E-state index < -0.39 is 5.54 Å². The second-order valence-corrected chi connectivity index (χ2v) is 4.51. The van der Waals surface area contributed by atoms with E-state index in [2.05, 4.69) is 5.92 Å². The summed E-state index contributed by atoms with van der Waals surface area (Å²) in [5.41, 5.74) is -0.772. The molecule has 0 aromatic rings. The van der Waals surface area contributed by atoms with E-state index in [0.717, 1.165) is 12.8 Å². The van der Waals surface area contributed by atoms with Gasteiger partial charge in [-0.1, -0.05) is 5.92 Å². The van der Waals surface area contributed by atoms with Crippen LogP contribution in [0.5, 0.6) is 0 Å². The molecule has 0 aromatic carbocycles. The SMILES string of the molecule is C#CC(C)(C)N1C(=O)C2CCC2C1=O. The fourth-order valence-electron chi connectivity index (χ4n) is 2.15. The molecular formula is C11H13NO2. The molecule has 3 heteroatoms. The zero-order valence-corrected chi connectivity index (χ0v) is 8.41. The number of carbonyl (C=O) groups is 2. The van der Waals surface area contributed by atoms with Gasteiger partial charge >= 0.3 is 0 Å². The van der Waals surface area contributed by atoms with Crippen molar-refractivity contribution in [1.29, 1.82) is 0 Å². The molecular weight excluding hydrogens is 178 g/mol. The average molecular weight is 191 g/mol. The normalized spacial score (nSPS) is 31.1. The third-order valence-corrected chi connectivity index (χ3v) is 3.26. The molecule has 2 unspecified atom stereocenters. The Morgan fingerprint density at radius 1 is 1.29 bits per heavy atom. The number of rotatable bonds is 1. The van der Waals surface area contributed by atoms with Gasteiger partial charge < -0.3 is 0 Å². The molecule has 2 rings (SSSR count). The highest BCUT2D eigenvalue weighted by Gasteiger charge is 2.56. The third-order valence-electron chi connectivity index (χ3n) is 3.26. The van der Waals surface area contributed by atoms with E-state index in [1.807, 2.05) is 0 Å². The highest BCUT2D eigenvalue weighted by molar-refractivity contribution is 6.07. The van der Waals surface area contributed by atoms with Crippen molar-refractivity contribution in [2.24, 2.45) is 11.8 Å². The maximum atomic E-state index is 11.8. The Kier molecular flexibility index (Phi) is 1.72. The molecule has 1 saturated carbocycles. The molecule has 74 valence electrons. The molecule has 2 fully saturated rings. The van der Waals surface area contributed by atoms with Crippen LogP contribution in [-0.4, -0.2) is 22.3 Å². The Balaban J connectivity index is 2.34. The molecule has 2 aliphatic rings. The van der Waals surface area contributed by atoms with Crippen molar-refractivity contribution in [3.8, 4) is 12.3 Å². The first-order valence-corrected chi connectivity index (χ1v) is 4.84. The van der Waals surface area contributed by atoms with E-state index in [-0.39, 0.29) is 23.7 Å². The number of terminal acetylenes is 1. The van der Waals surface area contributed by atoms with Crippen LogP contribution in [0.3, 0.4) is 0 Å². The van der Waals surface area contributed by atoms with Gasteiger partial charge in [0.2, 0.25) is 11.8 Å². The molecule has 2 atom stereocenters. The molecule has 0 N–H and O–H groups in total. The number of hydrogen-bond acceptors (Lipinski definition) is 2. The van der Waals surface area contributed by atoms with Gasteiger partial charge in [0.15, 0.2) is 0 Å². The lowest BCUT2D eigenvalue weighted by Crippen LogP contribution is -2.46. The summed E-state index contributed by atoms with van der Waals surface area (Å²) in [5, 5.41) is 0. The van der Waals surface area contributed by atoms with Gasteiger partial charge in [0.05, 0.1) is 11.8 Å². The Morgan fingerprint density at radius 2 is 1.71 bits per heavy atom. The van der Waals surface area contributed by atoms with Gasteiger partial charge in [-0.05, 0) is 26.7 Å². The minimum Gasteiger partial charge on any atom is -0.274 e. The van der Waals surface area contributed by atoms with E-state index >= 15 is 0 Å². The highest BCUT2D eigenvalue weighted by Crippen LogP contribution is 2.44. The zero-order valence-electron chi connectivity index (χ0n) is 8.41. The standard InChI is InChI=1S/C11H13NO2/c1-4-11(2,3)12-9(13)7-5-6-8(7)10(12)14/h1,7-8H,5-6H2,2-3H3. The van der Waals surface area contributed by atoms with Crippen LogP contribution in [0, 0.1) is 24.2 Å². The second-order valence-electron chi connectivity index (χ2n) is 4.51. The van der Waals surface area contributed by atoms with Crippen LogP contribution in [0.2, 0.25) is 0 Å². The summed E-state index contributed by atoms with van der Waals surface area (Å²) in [7, 11) is 0. The average Bonchev–Trinajstić information content (AvgIpc) is 2.16. The van der Waals surface area contributed by atoms with Crippen LogP contribution in [0.4, 0.5) is 0 Å². The number of nitrogens with zero attached hydrogens (tertiary/aromatic N) is 1. The smallest absolute Gasteiger partial charge is 0.234 e. The summed E-state index contributed by atoms with van der Waals surface area (Å²) >= 11 is 0. The van der Waals surface area contributed by atoms with Crippen molar-refractivity contribution in [2.45, 2.75) is 32.2 Å². The van der Waals surface area contributed by atoms with E-state index in [1.54, 1.807) is 13.8 Å². The van der Waals surface area contributed by atoms with E-state index in [9.17, 15) is 9.59 Å². The number of fused-ring (bicyclic) bond motifs is 1. The predicted octanol–water partition coefficient (Wildman–Crippen LogP) is 0.793. The highest BCUT2D eigenvalue weighted by atomic mass is 16.2. The zero-order chi connectivity index (χ0) is 10.5. The molecule has 3 nitrogen and oxygen atoms in total. The number of carbonyl (C=O) groups excluding carboxylic acids is 2. The Bertz CT molecular complexity index is 329. The van der Waals surface area contributed by atoms with Crippen molar-refractivity contribution in [3.63, 3.8) is 0 Å². The number of hydrogen-bond donors (Lipinski definition) is 0. The largest absolute Gasteiger partial charge is 0.274 e. The second kappa shape index (κ2) is 2.60. The van der Waals surface area contributed by atoms with Gasteiger partial charge in [0.1, 0.15) is 5.54 Å². The van der Waals surface area contributed by atoms with Crippen molar-refractivity contribution in [2.75, 3.05) is 0 Å². The minimum atomic E-state index is -0.772. The van der Waals surface area contributed by atoms with Gasteiger partial charge in [0.25, 0.3) is 0 Å². The van der Waals surface area contributed by atoms with Gasteiger partial charge in [-0.2, -0.15) is 0 Å². The number of likely N-dealkylation sites (tertiary alicyclic amines) is 1. The summed E-state index contributed by atoms with van der Waals surface area (Å²) in [6, 6.07) is 0. The predicted molar refractivity (Wildman–Crippen MR) is 51.0 cm³/mol. The molecule has 1 heterocycles. The summed E-state index contributed by atoms with van der Waals surface area (Å²) in [6.07, 6.45) is 7.01. The first kappa shape index (κ1) is 9.26. The molecule has 0 radical (unpaired) electrons. The van der Waals surface area contributed by atoms with Gasteiger partial charge in [0, 0.05) is 0 Å². The van der Waals surface area contributed by atoms with Crippen LogP contribution in [-0.2, 0) is 9.59 Å². The van der Waals surface area contributed by atoms with Crippen molar-refractivity contribution < 1.29 is 9.59 Å². The fraction of sp³-hybridized carbons (Fsp3) is 0.636. The maximum absolute atomic E-state index is 11.8. The molecule has 14 heavy (non-hydrogen) atoms. The van der Waals surface area contributed by atoms with E-state index in [1.165, 1.54) is 4.90 Å². The van der Waals surface area contributed by atoms with Crippen LogP contribution in [0.25, 0.3) is 0 Å².